The largest absolute Gasteiger partial charge is 0.395 e. The summed E-state index contributed by atoms with van der Waals surface area (Å²) in [5, 5.41) is 14.2. The summed E-state index contributed by atoms with van der Waals surface area (Å²) in [6.45, 7) is 4.24. The average Bonchev–Trinajstić information content (AvgIpc) is 3.33. The van der Waals surface area contributed by atoms with Crippen molar-refractivity contribution in [1.82, 2.24) is 14.8 Å². The van der Waals surface area contributed by atoms with Crippen LogP contribution in [0.4, 0.5) is 0 Å². The molecule has 0 saturated carbocycles. The van der Waals surface area contributed by atoms with Crippen molar-refractivity contribution in [3.63, 3.8) is 0 Å². The third-order valence-corrected chi connectivity index (χ3v) is 6.79. The van der Waals surface area contributed by atoms with Gasteiger partial charge < -0.3 is 5.11 Å². The fourth-order valence-corrected chi connectivity index (χ4v) is 4.85. The summed E-state index contributed by atoms with van der Waals surface area (Å²) >= 11 is 2.93. The van der Waals surface area contributed by atoms with Crippen LogP contribution in [0.2, 0.25) is 0 Å². The van der Waals surface area contributed by atoms with Crippen molar-refractivity contribution in [3.05, 3.63) is 65.6 Å². The van der Waals surface area contributed by atoms with Gasteiger partial charge in [0.25, 0.3) is 0 Å². The molecule has 3 heterocycles. The zero-order valence-electron chi connectivity index (χ0n) is 15.7. The SMILES string of the molecule is CC(CO)Sc1ccc(-n2ccc(C(C)c3ccc4c(c3)SC(=O)C4)n2)nc1. The molecule has 1 aliphatic rings. The highest BCUT2D eigenvalue weighted by Gasteiger charge is 2.21. The maximum atomic E-state index is 11.6. The predicted molar refractivity (Wildman–Crippen MR) is 112 cm³/mol. The fourth-order valence-electron chi connectivity index (χ4n) is 3.11. The monoisotopic (exact) mass is 411 g/mol. The number of carbonyl (C=O) groups excluding carboxylic acids is 1. The Hall–Kier alpha value is -2.09. The summed E-state index contributed by atoms with van der Waals surface area (Å²) in [6, 6.07) is 12.2. The molecular formula is C21H21N3O2S2. The van der Waals surface area contributed by atoms with Crippen LogP contribution in [0, 0.1) is 0 Å². The Bertz CT molecular complexity index is 1000. The number of rotatable bonds is 6. The second-order valence-electron chi connectivity index (χ2n) is 6.89. The van der Waals surface area contributed by atoms with Gasteiger partial charge >= 0.3 is 0 Å². The summed E-state index contributed by atoms with van der Waals surface area (Å²) in [6.07, 6.45) is 4.26. The molecule has 0 fully saturated rings. The van der Waals surface area contributed by atoms with Crippen molar-refractivity contribution in [2.24, 2.45) is 0 Å². The van der Waals surface area contributed by atoms with E-state index in [0.717, 1.165) is 32.4 Å². The van der Waals surface area contributed by atoms with Crippen LogP contribution in [0.25, 0.3) is 5.82 Å². The van der Waals surface area contributed by atoms with Crippen LogP contribution < -0.4 is 0 Å². The van der Waals surface area contributed by atoms with E-state index in [1.165, 1.54) is 11.8 Å². The first-order chi connectivity index (χ1) is 13.5. The number of pyridine rings is 1. The van der Waals surface area contributed by atoms with Crippen molar-refractivity contribution >= 4 is 28.6 Å². The first kappa shape index (κ1) is 19.2. The van der Waals surface area contributed by atoms with E-state index in [2.05, 4.69) is 30.1 Å². The Morgan fingerprint density at radius 3 is 2.86 bits per heavy atom. The average molecular weight is 412 g/mol. The van der Waals surface area contributed by atoms with Crippen molar-refractivity contribution in [1.29, 1.82) is 0 Å². The molecule has 2 aromatic heterocycles. The van der Waals surface area contributed by atoms with Crippen molar-refractivity contribution in [3.8, 4) is 5.82 Å². The highest BCUT2D eigenvalue weighted by atomic mass is 32.2. The molecule has 0 radical (unpaired) electrons. The minimum absolute atomic E-state index is 0.128. The number of carbonyl (C=O) groups is 1. The normalized spacial score (nSPS) is 15.5. The molecule has 28 heavy (non-hydrogen) atoms. The molecule has 144 valence electrons. The lowest BCUT2D eigenvalue weighted by Crippen LogP contribution is -2.03. The fraction of sp³-hybridized carbons (Fsp3) is 0.286. The van der Waals surface area contributed by atoms with E-state index in [1.54, 1.807) is 16.4 Å². The molecule has 1 N–H and O–H groups in total. The highest BCUT2D eigenvalue weighted by molar-refractivity contribution is 8.14. The second-order valence-corrected chi connectivity index (χ2v) is 9.50. The van der Waals surface area contributed by atoms with E-state index < -0.39 is 0 Å². The standard InChI is InChI=1S/C21H21N3O2S2/c1-13(12-25)27-17-5-6-20(22-11-17)24-8-7-18(23-24)14(2)15-3-4-16-10-21(26)28-19(16)9-15/h3-9,11,13-14,25H,10,12H2,1-2H3. The van der Waals surface area contributed by atoms with Gasteiger partial charge in [0, 0.05) is 39.8 Å². The lowest BCUT2D eigenvalue weighted by atomic mass is 9.96. The van der Waals surface area contributed by atoms with Crippen molar-refractivity contribution in [2.75, 3.05) is 6.61 Å². The molecule has 7 heteroatoms. The van der Waals surface area contributed by atoms with E-state index in [1.807, 2.05) is 37.5 Å². The molecule has 0 saturated heterocycles. The number of hydrogen-bond acceptors (Lipinski definition) is 6. The maximum absolute atomic E-state index is 11.6. The smallest absolute Gasteiger partial charge is 0.198 e. The maximum Gasteiger partial charge on any atom is 0.198 e. The minimum Gasteiger partial charge on any atom is -0.395 e. The van der Waals surface area contributed by atoms with Gasteiger partial charge in [-0.2, -0.15) is 5.10 Å². The second kappa shape index (κ2) is 8.11. The first-order valence-corrected chi connectivity index (χ1v) is 10.9. The number of aliphatic hydroxyl groups is 1. The molecule has 4 rings (SSSR count). The summed E-state index contributed by atoms with van der Waals surface area (Å²) < 4.78 is 1.78. The summed E-state index contributed by atoms with van der Waals surface area (Å²) in [4.78, 5) is 18.2. The van der Waals surface area contributed by atoms with Gasteiger partial charge in [-0.3, -0.25) is 4.79 Å². The zero-order chi connectivity index (χ0) is 19.7. The molecule has 5 nitrogen and oxygen atoms in total. The van der Waals surface area contributed by atoms with Gasteiger partial charge in [-0.15, -0.1) is 11.8 Å². The number of hydrogen-bond donors (Lipinski definition) is 1. The summed E-state index contributed by atoms with van der Waals surface area (Å²) in [7, 11) is 0. The molecular weight excluding hydrogens is 390 g/mol. The van der Waals surface area contributed by atoms with Crippen LogP contribution in [0.15, 0.2) is 58.6 Å². The molecule has 0 aliphatic carbocycles. The Balaban J connectivity index is 1.51. The summed E-state index contributed by atoms with van der Waals surface area (Å²) in [5.41, 5.74) is 3.24. The number of nitrogens with zero attached hydrogens (tertiary/aromatic N) is 3. The Kier molecular flexibility index (Phi) is 5.57. The van der Waals surface area contributed by atoms with Crippen LogP contribution in [-0.2, 0) is 11.2 Å². The quantitative estimate of drug-likeness (QED) is 0.617. The highest BCUT2D eigenvalue weighted by Crippen LogP contribution is 2.35. The molecule has 0 amide bonds. The Morgan fingerprint density at radius 2 is 2.11 bits per heavy atom. The zero-order valence-corrected chi connectivity index (χ0v) is 17.3. The molecule has 0 bridgehead atoms. The number of thioether (sulfide) groups is 2. The van der Waals surface area contributed by atoms with Gasteiger partial charge in [0.05, 0.1) is 12.3 Å². The number of aliphatic hydroxyl groups excluding tert-OH is 1. The third kappa shape index (κ3) is 4.01. The molecule has 0 spiro atoms. The lowest BCUT2D eigenvalue weighted by molar-refractivity contribution is -0.110. The topological polar surface area (TPSA) is 68.0 Å². The van der Waals surface area contributed by atoms with E-state index in [0.29, 0.717) is 6.42 Å². The van der Waals surface area contributed by atoms with E-state index in [4.69, 9.17) is 10.2 Å². The molecule has 2 atom stereocenters. The molecule has 2 unspecified atom stereocenters. The molecule has 1 aliphatic heterocycles. The Morgan fingerprint density at radius 1 is 1.25 bits per heavy atom. The van der Waals surface area contributed by atoms with E-state index in [-0.39, 0.29) is 22.9 Å². The van der Waals surface area contributed by atoms with E-state index in [9.17, 15) is 4.79 Å². The lowest BCUT2D eigenvalue weighted by Gasteiger charge is -2.11. The first-order valence-electron chi connectivity index (χ1n) is 9.16. The van der Waals surface area contributed by atoms with Crippen LogP contribution in [-0.4, -0.2) is 36.8 Å². The molecule has 3 aromatic rings. The number of benzene rings is 1. The van der Waals surface area contributed by atoms with Crippen LogP contribution >= 0.6 is 23.5 Å². The minimum atomic E-state index is 0.128. The Labute approximate surface area is 172 Å². The molecule has 1 aromatic carbocycles. The van der Waals surface area contributed by atoms with Gasteiger partial charge in [0.1, 0.15) is 0 Å². The number of fused-ring (bicyclic) bond motifs is 1. The van der Waals surface area contributed by atoms with Gasteiger partial charge in [-0.1, -0.05) is 37.7 Å². The predicted octanol–water partition coefficient (Wildman–Crippen LogP) is 4.07. The van der Waals surface area contributed by atoms with Gasteiger partial charge in [-0.05, 0) is 35.4 Å². The van der Waals surface area contributed by atoms with E-state index >= 15 is 0 Å². The van der Waals surface area contributed by atoms with Gasteiger partial charge in [-0.25, -0.2) is 9.67 Å². The van der Waals surface area contributed by atoms with Crippen LogP contribution in [0.3, 0.4) is 0 Å². The third-order valence-electron chi connectivity index (χ3n) is 4.75. The van der Waals surface area contributed by atoms with Crippen LogP contribution in [0.5, 0.6) is 0 Å². The number of aromatic nitrogens is 3. The van der Waals surface area contributed by atoms with Crippen molar-refractivity contribution in [2.45, 2.75) is 41.2 Å². The van der Waals surface area contributed by atoms with Gasteiger partial charge in [0.2, 0.25) is 0 Å². The van der Waals surface area contributed by atoms with Crippen molar-refractivity contribution < 1.29 is 9.90 Å². The van der Waals surface area contributed by atoms with Crippen LogP contribution in [0.1, 0.15) is 36.6 Å². The van der Waals surface area contributed by atoms with Gasteiger partial charge in [0.15, 0.2) is 10.9 Å². The summed E-state index contributed by atoms with van der Waals surface area (Å²) in [5.74, 6) is 0.887.